The maximum absolute atomic E-state index is 12.1. The molecule has 19 heavy (non-hydrogen) atoms. The summed E-state index contributed by atoms with van der Waals surface area (Å²) in [6, 6.07) is 8.43. The Kier molecular flexibility index (Phi) is 4.24. The van der Waals surface area contributed by atoms with Crippen LogP contribution in [0.25, 0.3) is 0 Å². The molecule has 6 heteroatoms. The molecule has 0 fully saturated rings. The topological polar surface area (TPSA) is 48.0 Å². The van der Waals surface area contributed by atoms with Gasteiger partial charge >= 0.3 is 0 Å². The summed E-state index contributed by atoms with van der Waals surface area (Å²) in [5.74, 6) is 0. The second-order valence-corrected chi connectivity index (χ2v) is 5.24. The number of thiocarbonyl (C=S) groups is 1. The molecule has 0 radical (unpaired) electrons. The summed E-state index contributed by atoms with van der Waals surface area (Å²) in [4.78, 5) is 12.2. The van der Waals surface area contributed by atoms with Gasteiger partial charge in [0, 0.05) is 16.2 Å². The number of rotatable bonds is 3. The van der Waals surface area contributed by atoms with Gasteiger partial charge in [0.05, 0.1) is 12.1 Å². The van der Waals surface area contributed by atoms with Crippen LogP contribution in [0.15, 0.2) is 41.3 Å². The standard InChI is InChI=1S/C13H10Cl2N2OS/c14-9-3-4-11(15)8(6-9)7-17-5-1-2-10(12(16)19)13(17)18/h1-6H,7H2,(H2,16,19). The Morgan fingerprint density at radius 2 is 2.05 bits per heavy atom. The first-order valence-electron chi connectivity index (χ1n) is 5.42. The van der Waals surface area contributed by atoms with Crippen molar-refractivity contribution in [3.63, 3.8) is 0 Å². The van der Waals surface area contributed by atoms with Gasteiger partial charge in [-0.2, -0.15) is 0 Å². The Morgan fingerprint density at radius 3 is 2.74 bits per heavy atom. The van der Waals surface area contributed by atoms with Crippen molar-refractivity contribution in [1.82, 2.24) is 4.57 Å². The van der Waals surface area contributed by atoms with Crippen LogP contribution in [0.3, 0.4) is 0 Å². The summed E-state index contributed by atoms with van der Waals surface area (Å²) < 4.78 is 1.49. The van der Waals surface area contributed by atoms with Gasteiger partial charge in [0.1, 0.15) is 4.99 Å². The maximum Gasteiger partial charge on any atom is 0.261 e. The quantitative estimate of drug-likeness (QED) is 0.887. The molecule has 0 unspecified atom stereocenters. The molecule has 0 saturated carbocycles. The van der Waals surface area contributed by atoms with E-state index in [1.807, 2.05) is 0 Å². The zero-order valence-electron chi connectivity index (χ0n) is 9.77. The highest BCUT2D eigenvalue weighted by Crippen LogP contribution is 2.21. The normalized spacial score (nSPS) is 10.4. The van der Waals surface area contributed by atoms with Crippen molar-refractivity contribution in [3.05, 3.63) is 68.1 Å². The average molecular weight is 313 g/mol. The Hall–Kier alpha value is -1.36. The van der Waals surface area contributed by atoms with Gasteiger partial charge in [0.15, 0.2) is 0 Å². The highest BCUT2D eigenvalue weighted by atomic mass is 35.5. The molecule has 0 spiro atoms. The number of nitrogens with two attached hydrogens (primary N) is 1. The lowest BCUT2D eigenvalue weighted by atomic mass is 10.2. The smallest absolute Gasteiger partial charge is 0.261 e. The summed E-state index contributed by atoms with van der Waals surface area (Å²) in [6.45, 7) is 0.314. The Bertz CT molecular complexity index is 697. The van der Waals surface area contributed by atoms with Gasteiger partial charge in [-0.3, -0.25) is 4.79 Å². The van der Waals surface area contributed by atoms with Crippen molar-refractivity contribution in [2.75, 3.05) is 0 Å². The second kappa shape index (κ2) is 5.74. The number of nitrogens with zero attached hydrogens (tertiary/aromatic N) is 1. The lowest BCUT2D eigenvalue weighted by Gasteiger charge is -2.09. The van der Waals surface area contributed by atoms with Crippen LogP contribution in [0.2, 0.25) is 10.0 Å². The number of benzene rings is 1. The van der Waals surface area contributed by atoms with Crippen LogP contribution in [0.1, 0.15) is 11.1 Å². The lowest BCUT2D eigenvalue weighted by molar-refractivity contribution is 0.758. The number of aromatic nitrogens is 1. The minimum absolute atomic E-state index is 0.0801. The van der Waals surface area contributed by atoms with Crippen molar-refractivity contribution in [3.8, 4) is 0 Å². The molecule has 98 valence electrons. The van der Waals surface area contributed by atoms with E-state index in [9.17, 15) is 4.79 Å². The third-order valence-electron chi connectivity index (χ3n) is 2.63. The van der Waals surface area contributed by atoms with E-state index >= 15 is 0 Å². The van der Waals surface area contributed by atoms with Crippen molar-refractivity contribution in [1.29, 1.82) is 0 Å². The third-order valence-corrected chi connectivity index (χ3v) is 3.46. The highest BCUT2D eigenvalue weighted by molar-refractivity contribution is 7.80. The first kappa shape index (κ1) is 14.1. The molecule has 2 aromatic rings. The van der Waals surface area contributed by atoms with E-state index in [1.165, 1.54) is 4.57 Å². The molecule has 0 aliphatic heterocycles. The molecule has 0 atom stereocenters. The van der Waals surface area contributed by atoms with Crippen LogP contribution < -0.4 is 11.3 Å². The molecule has 3 nitrogen and oxygen atoms in total. The van der Waals surface area contributed by atoms with Gasteiger partial charge < -0.3 is 10.3 Å². The van der Waals surface area contributed by atoms with E-state index in [1.54, 1.807) is 36.5 Å². The molecular formula is C13H10Cl2N2OS. The van der Waals surface area contributed by atoms with Crippen LogP contribution in [0, 0.1) is 0 Å². The van der Waals surface area contributed by atoms with E-state index in [-0.39, 0.29) is 10.5 Å². The van der Waals surface area contributed by atoms with Gasteiger partial charge in [-0.1, -0.05) is 35.4 Å². The average Bonchev–Trinajstić information content (AvgIpc) is 2.36. The van der Waals surface area contributed by atoms with Crippen LogP contribution in [0.4, 0.5) is 0 Å². The van der Waals surface area contributed by atoms with Gasteiger partial charge in [-0.25, -0.2) is 0 Å². The Morgan fingerprint density at radius 1 is 1.32 bits per heavy atom. The molecule has 0 aliphatic rings. The highest BCUT2D eigenvalue weighted by Gasteiger charge is 2.08. The summed E-state index contributed by atoms with van der Waals surface area (Å²) >= 11 is 16.8. The molecular weight excluding hydrogens is 303 g/mol. The van der Waals surface area contributed by atoms with E-state index in [4.69, 9.17) is 41.2 Å². The Labute approximate surface area is 125 Å². The minimum Gasteiger partial charge on any atom is -0.389 e. The van der Waals surface area contributed by atoms with Crippen molar-refractivity contribution in [2.45, 2.75) is 6.54 Å². The van der Waals surface area contributed by atoms with Crippen molar-refractivity contribution < 1.29 is 0 Å². The molecule has 0 saturated heterocycles. The predicted molar refractivity (Wildman–Crippen MR) is 82.2 cm³/mol. The predicted octanol–water partition coefficient (Wildman–Crippen LogP) is 2.84. The maximum atomic E-state index is 12.1. The number of halogens is 2. The summed E-state index contributed by atoms with van der Waals surface area (Å²) in [6.07, 6.45) is 1.65. The monoisotopic (exact) mass is 312 g/mol. The first-order valence-corrected chi connectivity index (χ1v) is 6.58. The van der Waals surface area contributed by atoms with E-state index in [2.05, 4.69) is 0 Å². The fraction of sp³-hybridized carbons (Fsp3) is 0.0769. The molecule has 1 aromatic carbocycles. The largest absolute Gasteiger partial charge is 0.389 e. The summed E-state index contributed by atoms with van der Waals surface area (Å²) in [7, 11) is 0. The lowest BCUT2D eigenvalue weighted by Crippen LogP contribution is -2.28. The van der Waals surface area contributed by atoms with E-state index in [0.717, 1.165) is 5.56 Å². The number of hydrogen-bond donors (Lipinski definition) is 1. The summed E-state index contributed by atoms with van der Waals surface area (Å²) in [5.41, 5.74) is 6.33. The minimum atomic E-state index is -0.244. The van der Waals surface area contributed by atoms with Crippen molar-refractivity contribution >= 4 is 40.4 Å². The first-order chi connectivity index (χ1) is 8.99. The van der Waals surface area contributed by atoms with E-state index < -0.39 is 0 Å². The van der Waals surface area contributed by atoms with Gasteiger partial charge in [0.2, 0.25) is 0 Å². The summed E-state index contributed by atoms with van der Waals surface area (Å²) in [5, 5.41) is 1.12. The molecule has 1 aromatic heterocycles. The van der Waals surface area contributed by atoms with Crippen LogP contribution in [-0.4, -0.2) is 9.56 Å². The molecule has 2 rings (SSSR count). The molecule has 1 heterocycles. The molecule has 0 amide bonds. The van der Waals surface area contributed by atoms with Crippen molar-refractivity contribution in [2.24, 2.45) is 5.73 Å². The molecule has 0 aliphatic carbocycles. The number of pyridine rings is 1. The second-order valence-electron chi connectivity index (χ2n) is 3.95. The number of hydrogen-bond acceptors (Lipinski definition) is 2. The van der Waals surface area contributed by atoms with E-state index in [0.29, 0.717) is 22.2 Å². The van der Waals surface area contributed by atoms with Gasteiger partial charge in [-0.15, -0.1) is 0 Å². The Balaban J connectivity index is 2.44. The molecule has 2 N–H and O–H groups in total. The van der Waals surface area contributed by atoms with Gasteiger partial charge in [-0.05, 0) is 35.9 Å². The van der Waals surface area contributed by atoms with Crippen LogP contribution >= 0.6 is 35.4 Å². The van der Waals surface area contributed by atoms with Crippen LogP contribution in [-0.2, 0) is 6.54 Å². The zero-order valence-corrected chi connectivity index (χ0v) is 12.1. The SMILES string of the molecule is NC(=S)c1cccn(Cc2cc(Cl)ccc2Cl)c1=O. The van der Waals surface area contributed by atoms with Crippen LogP contribution in [0.5, 0.6) is 0 Å². The fourth-order valence-electron chi connectivity index (χ4n) is 1.70. The zero-order chi connectivity index (χ0) is 14.0. The fourth-order valence-corrected chi connectivity index (χ4v) is 2.22. The van der Waals surface area contributed by atoms with Gasteiger partial charge in [0.25, 0.3) is 5.56 Å². The molecule has 0 bridgehead atoms. The third kappa shape index (κ3) is 3.15.